The van der Waals surface area contributed by atoms with Gasteiger partial charge in [-0.3, -0.25) is 9.58 Å². The number of para-hydroxylation sites is 1. The van der Waals surface area contributed by atoms with E-state index in [1.807, 2.05) is 48.3 Å². The molecule has 0 saturated carbocycles. The van der Waals surface area contributed by atoms with E-state index in [0.717, 1.165) is 41.9 Å². The van der Waals surface area contributed by atoms with Crippen molar-refractivity contribution in [2.75, 3.05) is 25.4 Å². The molecule has 2 N–H and O–H groups in total. The fourth-order valence-corrected chi connectivity index (χ4v) is 3.23. The minimum Gasteiger partial charge on any atom is -0.383 e. The van der Waals surface area contributed by atoms with Crippen LogP contribution in [0.1, 0.15) is 11.4 Å². The molecule has 3 heterocycles. The largest absolute Gasteiger partial charge is 0.383 e. The van der Waals surface area contributed by atoms with Crippen LogP contribution in [-0.2, 0) is 17.8 Å². The predicted molar refractivity (Wildman–Crippen MR) is 95.9 cm³/mol. The molecule has 0 bridgehead atoms. The Hall–Kier alpha value is -2.51. The summed E-state index contributed by atoms with van der Waals surface area (Å²) in [6.07, 6.45) is 4.02. The van der Waals surface area contributed by atoms with E-state index in [-0.39, 0.29) is 6.10 Å². The maximum Gasteiger partial charge on any atom is 0.145 e. The highest BCUT2D eigenvalue weighted by Crippen LogP contribution is 2.18. The van der Waals surface area contributed by atoms with Crippen molar-refractivity contribution in [1.82, 2.24) is 24.6 Å². The monoisotopic (exact) mass is 338 g/mol. The first-order valence-corrected chi connectivity index (χ1v) is 8.51. The van der Waals surface area contributed by atoms with E-state index in [9.17, 15) is 0 Å². The second-order valence-electron chi connectivity index (χ2n) is 6.51. The molecular weight excluding hydrogens is 316 g/mol. The second-order valence-corrected chi connectivity index (χ2v) is 6.51. The van der Waals surface area contributed by atoms with Gasteiger partial charge in [0, 0.05) is 24.7 Å². The van der Waals surface area contributed by atoms with Crippen molar-refractivity contribution in [2.24, 2.45) is 0 Å². The number of aryl methyl sites for hydroxylation is 1. The summed E-state index contributed by atoms with van der Waals surface area (Å²) >= 11 is 0. The molecule has 2 aromatic heterocycles. The zero-order valence-electron chi connectivity index (χ0n) is 14.3. The maximum atomic E-state index is 6.09. The van der Waals surface area contributed by atoms with Crippen molar-refractivity contribution in [2.45, 2.75) is 26.1 Å². The van der Waals surface area contributed by atoms with E-state index >= 15 is 0 Å². The van der Waals surface area contributed by atoms with Gasteiger partial charge in [-0.25, -0.2) is 9.97 Å². The molecule has 130 valence electrons. The molecule has 1 saturated heterocycles. The number of nitrogens with zero attached hydrogens (tertiary/aromatic N) is 5. The zero-order valence-corrected chi connectivity index (χ0v) is 14.3. The van der Waals surface area contributed by atoms with E-state index in [1.54, 1.807) is 0 Å². The van der Waals surface area contributed by atoms with E-state index in [0.29, 0.717) is 19.0 Å². The van der Waals surface area contributed by atoms with Crippen LogP contribution in [0.25, 0.3) is 10.9 Å². The Labute approximate surface area is 146 Å². The summed E-state index contributed by atoms with van der Waals surface area (Å²) in [5.41, 5.74) is 8.14. The van der Waals surface area contributed by atoms with Crippen LogP contribution in [-0.4, -0.2) is 50.4 Å². The van der Waals surface area contributed by atoms with Gasteiger partial charge < -0.3 is 10.5 Å². The summed E-state index contributed by atoms with van der Waals surface area (Å²) in [6.45, 7) is 5.87. The number of hydrogen-bond acceptors (Lipinski definition) is 6. The van der Waals surface area contributed by atoms with Crippen LogP contribution in [0.5, 0.6) is 0 Å². The van der Waals surface area contributed by atoms with Gasteiger partial charge in [-0.15, -0.1) is 0 Å². The van der Waals surface area contributed by atoms with Crippen molar-refractivity contribution >= 4 is 16.7 Å². The highest BCUT2D eigenvalue weighted by molar-refractivity contribution is 5.87. The molecule has 0 unspecified atom stereocenters. The molecule has 3 aromatic rings. The number of nitrogens with two attached hydrogens (primary N) is 1. The van der Waals surface area contributed by atoms with Crippen molar-refractivity contribution in [3.05, 3.63) is 48.0 Å². The molecule has 4 rings (SSSR count). The van der Waals surface area contributed by atoms with Crippen molar-refractivity contribution in [3.63, 3.8) is 0 Å². The first-order valence-electron chi connectivity index (χ1n) is 8.51. The molecule has 7 heteroatoms. The van der Waals surface area contributed by atoms with Crippen LogP contribution in [0, 0.1) is 6.92 Å². The second kappa shape index (κ2) is 6.78. The lowest BCUT2D eigenvalue weighted by molar-refractivity contribution is -0.0408. The molecule has 1 aliphatic heterocycles. The van der Waals surface area contributed by atoms with Crippen LogP contribution in [0.3, 0.4) is 0 Å². The number of anilines is 1. The maximum absolute atomic E-state index is 6.09. The lowest BCUT2D eigenvalue weighted by Crippen LogP contribution is -2.44. The zero-order chi connectivity index (χ0) is 17.2. The Kier molecular flexibility index (Phi) is 4.33. The molecule has 25 heavy (non-hydrogen) atoms. The minimum absolute atomic E-state index is 0.117. The highest BCUT2D eigenvalue weighted by atomic mass is 16.5. The molecule has 1 aromatic carbocycles. The van der Waals surface area contributed by atoms with Gasteiger partial charge in [-0.05, 0) is 24.6 Å². The number of fused-ring (bicyclic) bond motifs is 1. The topological polar surface area (TPSA) is 82.1 Å². The SMILES string of the molecule is Cc1cnn(C[C@@H]2CN(Cc3nc(N)c4ccccc4n3)CCO2)c1. The summed E-state index contributed by atoms with van der Waals surface area (Å²) in [6, 6.07) is 7.84. The summed E-state index contributed by atoms with van der Waals surface area (Å²) in [5, 5.41) is 5.24. The standard InChI is InChI=1S/C18H22N6O/c1-13-8-20-24(9-13)11-14-10-23(6-7-25-14)12-17-21-16-5-3-2-4-15(16)18(19)22-17/h2-5,8-9,14H,6-7,10-12H2,1H3,(H2,19,21,22)/t14-/m0/s1. The van der Waals surface area contributed by atoms with E-state index in [2.05, 4.69) is 20.0 Å². The lowest BCUT2D eigenvalue weighted by atomic mass is 10.2. The van der Waals surface area contributed by atoms with E-state index in [4.69, 9.17) is 10.5 Å². The molecule has 1 aliphatic rings. The number of morpholine rings is 1. The van der Waals surface area contributed by atoms with E-state index < -0.39 is 0 Å². The minimum atomic E-state index is 0.117. The van der Waals surface area contributed by atoms with E-state index in [1.165, 1.54) is 0 Å². The van der Waals surface area contributed by atoms with Gasteiger partial charge in [-0.1, -0.05) is 12.1 Å². The van der Waals surface area contributed by atoms with Crippen molar-refractivity contribution in [1.29, 1.82) is 0 Å². The summed E-state index contributed by atoms with van der Waals surface area (Å²) in [4.78, 5) is 11.4. The average Bonchev–Trinajstić information content (AvgIpc) is 3.00. The average molecular weight is 338 g/mol. The van der Waals surface area contributed by atoms with Gasteiger partial charge in [0.25, 0.3) is 0 Å². The Morgan fingerprint density at radius 1 is 1.28 bits per heavy atom. The van der Waals surface area contributed by atoms with Crippen molar-refractivity contribution < 1.29 is 4.74 Å². The number of hydrogen-bond donors (Lipinski definition) is 1. The third kappa shape index (κ3) is 3.62. The van der Waals surface area contributed by atoms with Gasteiger partial charge in [0.1, 0.15) is 11.6 Å². The summed E-state index contributed by atoms with van der Waals surface area (Å²) in [7, 11) is 0. The first-order chi connectivity index (χ1) is 12.2. The third-order valence-electron chi connectivity index (χ3n) is 4.42. The summed E-state index contributed by atoms with van der Waals surface area (Å²) in [5.74, 6) is 1.30. The van der Waals surface area contributed by atoms with Gasteiger partial charge in [0.05, 0.1) is 37.5 Å². The normalized spacial score (nSPS) is 18.7. The van der Waals surface area contributed by atoms with Crippen LogP contribution in [0.15, 0.2) is 36.7 Å². The van der Waals surface area contributed by atoms with Gasteiger partial charge in [0.15, 0.2) is 0 Å². The lowest BCUT2D eigenvalue weighted by Gasteiger charge is -2.32. The molecule has 0 radical (unpaired) electrons. The number of benzene rings is 1. The van der Waals surface area contributed by atoms with Gasteiger partial charge in [0.2, 0.25) is 0 Å². The van der Waals surface area contributed by atoms with Crippen LogP contribution in [0.2, 0.25) is 0 Å². The number of rotatable bonds is 4. The Morgan fingerprint density at radius 2 is 2.16 bits per heavy atom. The van der Waals surface area contributed by atoms with Crippen molar-refractivity contribution in [3.8, 4) is 0 Å². The first kappa shape index (κ1) is 16.0. The Bertz CT molecular complexity index is 877. The van der Waals surface area contributed by atoms with Gasteiger partial charge >= 0.3 is 0 Å². The number of aromatic nitrogens is 4. The van der Waals surface area contributed by atoms with Crippen LogP contribution < -0.4 is 5.73 Å². The fourth-order valence-electron chi connectivity index (χ4n) is 3.23. The third-order valence-corrected chi connectivity index (χ3v) is 4.42. The number of ether oxygens (including phenoxy) is 1. The molecule has 1 atom stereocenters. The molecule has 0 spiro atoms. The van der Waals surface area contributed by atoms with Crippen LogP contribution in [0.4, 0.5) is 5.82 Å². The molecule has 1 fully saturated rings. The molecule has 0 amide bonds. The molecule has 0 aliphatic carbocycles. The Morgan fingerprint density at radius 3 is 3.00 bits per heavy atom. The quantitative estimate of drug-likeness (QED) is 0.778. The number of nitrogen functional groups attached to an aromatic ring is 1. The van der Waals surface area contributed by atoms with Crippen LogP contribution >= 0.6 is 0 Å². The highest BCUT2D eigenvalue weighted by Gasteiger charge is 2.22. The fraction of sp³-hybridized carbons (Fsp3) is 0.389. The predicted octanol–water partition coefficient (Wildman–Crippen LogP) is 1.62. The summed E-state index contributed by atoms with van der Waals surface area (Å²) < 4.78 is 7.82. The molecule has 7 nitrogen and oxygen atoms in total. The van der Waals surface area contributed by atoms with Gasteiger partial charge in [-0.2, -0.15) is 5.10 Å². The smallest absolute Gasteiger partial charge is 0.145 e. The molecular formula is C18H22N6O. The Balaban J connectivity index is 1.45.